The highest BCUT2D eigenvalue weighted by Crippen LogP contribution is 2.29. The van der Waals surface area contributed by atoms with Gasteiger partial charge in [0.1, 0.15) is 19.4 Å². The summed E-state index contributed by atoms with van der Waals surface area (Å²) in [7, 11) is 6.14. The molecular weight excluding hydrogens is 481 g/mol. The van der Waals surface area contributed by atoms with Gasteiger partial charge in [-0.2, -0.15) is 9.61 Å². The number of fused-ring (bicyclic) bond motifs is 2. The largest absolute Gasteiger partial charge is 0.507 e. The highest BCUT2D eigenvalue weighted by Gasteiger charge is 2.13. The molecule has 0 saturated heterocycles. The minimum atomic E-state index is 0.156. The topological polar surface area (TPSA) is 74.5 Å². The van der Waals surface area contributed by atoms with Crippen molar-refractivity contribution in [2.45, 2.75) is 13.1 Å². The zero-order valence-corrected chi connectivity index (χ0v) is 21.3. The maximum Gasteiger partial charge on any atom is 0.150 e. The smallest absolute Gasteiger partial charge is 0.150 e. The molecule has 2 aromatic heterocycles. The van der Waals surface area contributed by atoms with Gasteiger partial charge in [-0.1, -0.05) is 85.4 Å². The average Bonchev–Trinajstić information content (AvgIpc) is 3.35. The zero-order chi connectivity index (χ0) is 26.8. The van der Waals surface area contributed by atoms with Crippen LogP contribution in [0.15, 0.2) is 110 Å². The number of nitrogens with one attached hydrogen (secondary N) is 2. The van der Waals surface area contributed by atoms with Crippen molar-refractivity contribution in [3.63, 3.8) is 0 Å². The molecule has 0 fully saturated rings. The predicted molar refractivity (Wildman–Crippen MR) is 159 cm³/mol. The minimum absolute atomic E-state index is 0.156. The van der Waals surface area contributed by atoms with E-state index in [-0.39, 0.29) is 5.75 Å². The van der Waals surface area contributed by atoms with Crippen molar-refractivity contribution in [2.24, 2.45) is 0 Å². The summed E-state index contributed by atoms with van der Waals surface area (Å²) in [4.78, 5) is 4.64. The Hall–Kier alpha value is -5.04. The van der Waals surface area contributed by atoms with Crippen LogP contribution in [0, 0.1) is 0 Å². The molecule has 0 bridgehead atoms. The van der Waals surface area contributed by atoms with Crippen LogP contribution >= 0.6 is 0 Å². The molecule has 0 spiro atoms. The fourth-order valence-electron chi connectivity index (χ4n) is 4.77. The van der Waals surface area contributed by atoms with Crippen LogP contribution in [0.3, 0.4) is 0 Å². The Labute approximate surface area is 228 Å². The zero-order valence-electron chi connectivity index (χ0n) is 21.3. The van der Waals surface area contributed by atoms with E-state index in [1.807, 2.05) is 24.3 Å². The summed E-state index contributed by atoms with van der Waals surface area (Å²) < 4.78 is 1.68. The van der Waals surface area contributed by atoms with E-state index in [2.05, 4.69) is 88.0 Å². The highest BCUT2D eigenvalue weighted by atomic mass is 16.3. The first-order valence-corrected chi connectivity index (χ1v) is 12.7. The summed E-state index contributed by atoms with van der Waals surface area (Å²) in [6.45, 7) is 5.51. The van der Waals surface area contributed by atoms with Crippen molar-refractivity contribution in [3.8, 4) is 17.0 Å². The number of aromatic hydroxyl groups is 1. The molecule has 0 aliphatic heterocycles. The van der Waals surface area contributed by atoms with Crippen molar-refractivity contribution < 1.29 is 5.11 Å². The molecule has 6 nitrogen and oxygen atoms in total. The van der Waals surface area contributed by atoms with Crippen molar-refractivity contribution in [2.75, 3.05) is 5.32 Å². The fourth-order valence-corrected chi connectivity index (χ4v) is 4.77. The number of hydrogen-bond acceptors (Lipinski definition) is 5. The molecule has 0 atom stereocenters. The molecule has 2 heterocycles. The average molecular weight is 507 g/mol. The molecule has 7 heteroatoms. The number of rotatable bonds is 8. The van der Waals surface area contributed by atoms with Crippen molar-refractivity contribution in [1.29, 1.82) is 0 Å². The van der Waals surface area contributed by atoms with Gasteiger partial charge in [-0.25, -0.2) is 4.98 Å². The van der Waals surface area contributed by atoms with E-state index < -0.39 is 0 Å². The molecule has 0 amide bonds. The Morgan fingerprint density at radius 2 is 1.62 bits per heavy atom. The van der Waals surface area contributed by atoms with E-state index in [9.17, 15) is 5.11 Å². The fraction of sp³-hybridized carbons (Fsp3) is 0.0625. The van der Waals surface area contributed by atoms with Crippen LogP contribution in [0.2, 0.25) is 0 Å². The Kier molecular flexibility index (Phi) is 6.47. The monoisotopic (exact) mass is 507 g/mol. The standard InChI is InChI=1S/C32H26BN5O/c1-21(25-14-7-11-24-10-2-3-12-26(24)25)34-18-22-8-6-9-23(16-22)19-35-31-17-29(27-13-4-5-15-30(27)39)37-32-28(33)20-36-38(31)32/h2-17,20,34-35,39H,1,18-19H2. The van der Waals surface area contributed by atoms with Gasteiger partial charge in [-0.05, 0) is 39.5 Å². The van der Waals surface area contributed by atoms with E-state index in [1.165, 1.54) is 10.8 Å². The first kappa shape index (κ1) is 24.3. The molecule has 2 radical (unpaired) electrons. The second-order valence-electron chi connectivity index (χ2n) is 9.41. The SMILES string of the molecule is [B]c1cnn2c(NCc3cccc(CNC(=C)c4cccc5ccccc45)c3)cc(-c3ccccc3O)nc12. The first-order valence-electron chi connectivity index (χ1n) is 12.7. The Morgan fingerprint density at radius 1 is 0.872 bits per heavy atom. The third-order valence-electron chi connectivity index (χ3n) is 6.76. The van der Waals surface area contributed by atoms with Gasteiger partial charge in [0.05, 0.1) is 5.69 Å². The van der Waals surface area contributed by atoms with E-state index in [0.717, 1.165) is 28.2 Å². The normalized spacial score (nSPS) is 11.1. The van der Waals surface area contributed by atoms with E-state index in [1.54, 1.807) is 22.8 Å². The second-order valence-corrected chi connectivity index (χ2v) is 9.41. The van der Waals surface area contributed by atoms with Gasteiger partial charge >= 0.3 is 0 Å². The third-order valence-corrected chi connectivity index (χ3v) is 6.76. The van der Waals surface area contributed by atoms with Gasteiger partial charge in [-0.15, -0.1) is 0 Å². The summed E-state index contributed by atoms with van der Waals surface area (Å²) in [6.07, 6.45) is 1.58. The Morgan fingerprint density at radius 3 is 2.49 bits per heavy atom. The number of aromatic nitrogens is 3. The van der Waals surface area contributed by atoms with Gasteiger partial charge in [0.25, 0.3) is 0 Å². The summed E-state index contributed by atoms with van der Waals surface area (Å²) in [5.74, 6) is 0.881. The highest BCUT2D eigenvalue weighted by molar-refractivity contribution is 6.36. The van der Waals surface area contributed by atoms with Crippen molar-refractivity contribution in [3.05, 3.63) is 127 Å². The van der Waals surface area contributed by atoms with E-state index >= 15 is 0 Å². The number of phenols is 1. The lowest BCUT2D eigenvalue weighted by molar-refractivity contribution is 0.477. The van der Waals surface area contributed by atoms with Crippen molar-refractivity contribution >= 4 is 41.2 Å². The number of para-hydroxylation sites is 1. The van der Waals surface area contributed by atoms with Crippen LogP contribution in [0.4, 0.5) is 5.82 Å². The van der Waals surface area contributed by atoms with Crippen LogP contribution in [0.5, 0.6) is 5.75 Å². The van der Waals surface area contributed by atoms with Gasteiger partial charge < -0.3 is 15.7 Å². The molecule has 0 saturated carbocycles. The first-order chi connectivity index (χ1) is 19.1. The summed E-state index contributed by atoms with van der Waals surface area (Å²) >= 11 is 0. The van der Waals surface area contributed by atoms with Crippen LogP contribution in [0.1, 0.15) is 16.7 Å². The summed E-state index contributed by atoms with van der Waals surface area (Å²) in [5, 5.41) is 24.1. The van der Waals surface area contributed by atoms with E-state index in [0.29, 0.717) is 35.5 Å². The Bertz CT molecular complexity index is 1820. The number of phenolic OH excluding ortho intramolecular Hbond substituents is 1. The van der Waals surface area contributed by atoms with Gasteiger partial charge in [0, 0.05) is 42.2 Å². The van der Waals surface area contributed by atoms with Gasteiger partial charge in [-0.3, -0.25) is 0 Å². The molecule has 6 aromatic rings. The lowest BCUT2D eigenvalue weighted by atomic mass is 10.0. The molecule has 0 unspecified atom stereocenters. The second kappa shape index (κ2) is 10.4. The van der Waals surface area contributed by atoms with Gasteiger partial charge in [0.2, 0.25) is 0 Å². The van der Waals surface area contributed by atoms with Gasteiger partial charge in [0.15, 0.2) is 5.65 Å². The summed E-state index contributed by atoms with van der Waals surface area (Å²) in [5.41, 5.74) is 6.49. The molecule has 6 rings (SSSR count). The maximum absolute atomic E-state index is 10.4. The third kappa shape index (κ3) is 4.94. The van der Waals surface area contributed by atoms with Crippen LogP contribution in [-0.2, 0) is 13.1 Å². The number of hydrogen-bond donors (Lipinski definition) is 3. The Balaban J connectivity index is 1.19. The molecular formula is C32H26BN5O. The van der Waals surface area contributed by atoms with Crippen molar-refractivity contribution in [1.82, 2.24) is 19.9 Å². The number of benzene rings is 4. The summed E-state index contributed by atoms with van der Waals surface area (Å²) in [6, 6.07) is 32.0. The predicted octanol–water partition coefficient (Wildman–Crippen LogP) is 5.42. The van der Waals surface area contributed by atoms with Crippen LogP contribution in [0.25, 0.3) is 33.4 Å². The molecule has 0 aliphatic carbocycles. The minimum Gasteiger partial charge on any atom is -0.507 e. The maximum atomic E-state index is 10.4. The number of anilines is 1. The molecule has 188 valence electrons. The van der Waals surface area contributed by atoms with Crippen LogP contribution in [-0.4, -0.2) is 27.6 Å². The van der Waals surface area contributed by atoms with Crippen LogP contribution < -0.4 is 16.1 Å². The molecule has 4 aromatic carbocycles. The lowest BCUT2D eigenvalue weighted by Crippen LogP contribution is -2.12. The number of nitrogens with zero attached hydrogens (tertiary/aromatic N) is 3. The molecule has 39 heavy (non-hydrogen) atoms. The molecule has 3 N–H and O–H groups in total. The van der Waals surface area contributed by atoms with E-state index in [4.69, 9.17) is 7.85 Å². The lowest BCUT2D eigenvalue weighted by Gasteiger charge is -2.14. The molecule has 0 aliphatic rings. The quantitative estimate of drug-likeness (QED) is 0.240.